The summed E-state index contributed by atoms with van der Waals surface area (Å²) in [7, 11) is 3.30. The Morgan fingerprint density at radius 2 is 1.89 bits per heavy atom. The van der Waals surface area contributed by atoms with Crippen molar-refractivity contribution in [3.63, 3.8) is 0 Å². The molecule has 0 spiro atoms. The number of para-hydroxylation sites is 1. The number of aromatic nitrogens is 4. The number of thioether (sulfide) groups is 1. The number of rotatable bonds is 10. The minimum absolute atomic E-state index is 0.00512. The van der Waals surface area contributed by atoms with E-state index in [9.17, 15) is 14.7 Å². The average molecular weight is 494 g/mol. The van der Waals surface area contributed by atoms with Crippen molar-refractivity contribution >= 4 is 34.4 Å². The van der Waals surface area contributed by atoms with E-state index in [1.165, 1.54) is 11.8 Å². The number of aliphatic hydroxyl groups is 1. The number of benzene rings is 2. The Balaban J connectivity index is 1.45. The molecule has 0 saturated carbocycles. The number of nitrogens with one attached hydrogen (secondary N) is 1. The Morgan fingerprint density at radius 1 is 1.14 bits per heavy atom. The number of ether oxygens (including phenoxy) is 1. The third-order valence-corrected chi connectivity index (χ3v) is 6.80. The lowest BCUT2D eigenvalue weighted by molar-refractivity contribution is 0.0911. The number of aryl methyl sites for hydroxylation is 1. The second kappa shape index (κ2) is 10.7. The number of methoxy groups -OCH3 is 1. The van der Waals surface area contributed by atoms with Crippen molar-refractivity contribution < 1.29 is 19.4 Å². The van der Waals surface area contributed by atoms with Crippen LogP contribution in [0.4, 0.5) is 0 Å². The van der Waals surface area contributed by atoms with Gasteiger partial charge in [0.15, 0.2) is 16.8 Å². The molecule has 0 aliphatic rings. The molecule has 0 bridgehead atoms. The first kappa shape index (κ1) is 24.5. The van der Waals surface area contributed by atoms with Gasteiger partial charge in [0.1, 0.15) is 11.8 Å². The molecule has 2 heterocycles. The molecule has 0 saturated heterocycles. The first-order valence-corrected chi connectivity index (χ1v) is 12.1. The minimum atomic E-state index is -0.755. The van der Waals surface area contributed by atoms with Crippen LogP contribution in [0.5, 0.6) is 5.75 Å². The number of fused-ring (bicyclic) bond motifs is 1. The molecule has 0 aliphatic heterocycles. The standard InChI is InChI=1S/C25H27N5O4S/c1-4-30-13-19(18-7-5-6-8-21(18)30)22(32)15-35-25-28-27-23(29(25)2)20(14-31)26-24(33)16-9-11-17(34-3)12-10-16/h5-13,20,31H,4,14-15H2,1-3H3,(H,26,33)/t20-/m0/s1. The third kappa shape index (κ3) is 5.08. The number of carbonyl (C=O) groups is 2. The lowest BCUT2D eigenvalue weighted by Gasteiger charge is -2.16. The number of ketones is 1. The van der Waals surface area contributed by atoms with Gasteiger partial charge in [0.05, 0.1) is 19.5 Å². The summed E-state index contributed by atoms with van der Waals surface area (Å²) in [5, 5.41) is 22.5. The van der Waals surface area contributed by atoms with Gasteiger partial charge in [0.2, 0.25) is 0 Å². The van der Waals surface area contributed by atoms with Crippen molar-refractivity contribution in [3.8, 4) is 5.75 Å². The lowest BCUT2D eigenvalue weighted by Crippen LogP contribution is -2.32. The van der Waals surface area contributed by atoms with Gasteiger partial charge in [-0.3, -0.25) is 9.59 Å². The molecule has 4 aromatic rings. The van der Waals surface area contributed by atoms with E-state index in [4.69, 9.17) is 4.74 Å². The van der Waals surface area contributed by atoms with Crippen LogP contribution in [-0.4, -0.2) is 55.6 Å². The van der Waals surface area contributed by atoms with Crippen LogP contribution in [-0.2, 0) is 13.6 Å². The Bertz CT molecular complexity index is 1350. The maximum Gasteiger partial charge on any atom is 0.251 e. The number of hydrogen-bond acceptors (Lipinski definition) is 7. The SMILES string of the molecule is CCn1cc(C(=O)CSc2nnc([C@H](CO)NC(=O)c3ccc(OC)cc3)n2C)c2ccccc21. The number of nitrogens with zero attached hydrogens (tertiary/aromatic N) is 4. The van der Waals surface area contributed by atoms with Crippen molar-refractivity contribution in [2.45, 2.75) is 24.7 Å². The van der Waals surface area contributed by atoms with Crippen LogP contribution in [0.1, 0.15) is 39.5 Å². The largest absolute Gasteiger partial charge is 0.497 e. The normalized spacial score (nSPS) is 12.0. The maximum absolute atomic E-state index is 13.0. The van der Waals surface area contributed by atoms with Crippen LogP contribution >= 0.6 is 11.8 Å². The van der Waals surface area contributed by atoms with E-state index in [1.54, 1.807) is 43.0 Å². The molecule has 2 N–H and O–H groups in total. The summed E-state index contributed by atoms with van der Waals surface area (Å²) >= 11 is 1.27. The molecule has 10 heteroatoms. The van der Waals surface area contributed by atoms with E-state index >= 15 is 0 Å². The maximum atomic E-state index is 13.0. The number of hydrogen-bond donors (Lipinski definition) is 2. The Morgan fingerprint density at radius 3 is 2.57 bits per heavy atom. The van der Waals surface area contributed by atoms with Crippen molar-refractivity contribution in [2.75, 3.05) is 19.5 Å². The number of Topliss-reactive ketones (excluding diaryl/α,β-unsaturated/α-hetero) is 1. The molecule has 0 radical (unpaired) electrons. The van der Waals surface area contributed by atoms with E-state index < -0.39 is 6.04 Å². The average Bonchev–Trinajstić information content (AvgIpc) is 3.46. The summed E-state index contributed by atoms with van der Waals surface area (Å²) in [6.07, 6.45) is 1.89. The molecule has 0 fully saturated rings. The molecule has 9 nitrogen and oxygen atoms in total. The zero-order valence-corrected chi connectivity index (χ0v) is 20.6. The smallest absolute Gasteiger partial charge is 0.251 e. The van der Waals surface area contributed by atoms with Gasteiger partial charge in [-0.15, -0.1) is 10.2 Å². The van der Waals surface area contributed by atoms with Crippen LogP contribution in [0.15, 0.2) is 59.9 Å². The van der Waals surface area contributed by atoms with Crippen molar-refractivity contribution in [1.82, 2.24) is 24.6 Å². The topological polar surface area (TPSA) is 111 Å². The van der Waals surface area contributed by atoms with E-state index in [1.807, 2.05) is 37.4 Å². The highest BCUT2D eigenvalue weighted by Crippen LogP contribution is 2.25. The summed E-state index contributed by atoms with van der Waals surface area (Å²) in [6, 6.07) is 13.8. The molecule has 0 unspecified atom stereocenters. The Hall–Kier alpha value is -3.63. The molecule has 1 amide bonds. The fraction of sp³-hybridized carbons (Fsp3) is 0.280. The Labute approximate surface area is 207 Å². The van der Waals surface area contributed by atoms with Gasteiger partial charge in [-0.05, 0) is 37.3 Å². The fourth-order valence-corrected chi connectivity index (χ4v) is 4.67. The van der Waals surface area contributed by atoms with Crippen LogP contribution in [0, 0.1) is 0 Å². The van der Waals surface area contributed by atoms with Crippen molar-refractivity contribution in [3.05, 3.63) is 71.7 Å². The second-order valence-electron chi connectivity index (χ2n) is 7.89. The van der Waals surface area contributed by atoms with Gasteiger partial charge < -0.3 is 24.3 Å². The summed E-state index contributed by atoms with van der Waals surface area (Å²) < 4.78 is 8.86. The summed E-state index contributed by atoms with van der Waals surface area (Å²) in [5.41, 5.74) is 2.14. The third-order valence-electron chi connectivity index (χ3n) is 5.78. The van der Waals surface area contributed by atoms with Gasteiger partial charge in [0, 0.05) is 41.8 Å². The number of carbonyl (C=O) groups excluding carboxylic acids is 2. The summed E-state index contributed by atoms with van der Waals surface area (Å²) in [4.78, 5) is 25.7. The molecule has 2 aromatic heterocycles. The highest BCUT2D eigenvalue weighted by Gasteiger charge is 2.23. The molecule has 0 aliphatic carbocycles. The zero-order valence-electron chi connectivity index (χ0n) is 19.8. The van der Waals surface area contributed by atoms with Gasteiger partial charge in [-0.1, -0.05) is 30.0 Å². The van der Waals surface area contributed by atoms with Crippen molar-refractivity contribution in [1.29, 1.82) is 0 Å². The van der Waals surface area contributed by atoms with Gasteiger partial charge in [0.25, 0.3) is 5.91 Å². The first-order chi connectivity index (χ1) is 17.0. The monoisotopic (exact) mass is 493 g/mol. The lowest BCUT2D eigenvalue weighted by atomic mass is 10.1. The second-order valence-corrected chi connectivity index (χ2v) is 8.84. The van der Waals surface area contributed by atoms with E-state index in [0.717, 1.165) is 17.4 Å². The molecule has 35 heavy (non-hydrogen) atoms. The Kier molecular flexibility index (Phi) is 7.52. The van der Waals surface area contributed by atoms with Crippen molar-refractivity contribution in [2.24, 2.45) is 7.05 Å². The molecule has 182 valence electrons. The van der Waals surface area contributed by atoms with Gasteiger partial charge in [-0.2, -0.15) is 0 Å². The summed E-state index contributed by atoms with van der Waals surface area (Å²) in [6.45, 7) is 2.47. The van der Waals surface area contributed by atoms with Crippen LogP contribution in [0.2, 0.25) is 0 Å². The molecule has 4 rings (SSSR count). The van der Waals surface area contributed by atoms with Gasteiger partial charge >= 0.3 is 0 Å². The predicted molar refractivity (Wildman–Crippen MR) is 134 cm³/mol. The molecule has 1 atom stereocenters. The highest BCUT2D eigenvalue weighted by molar-refractivity contribution is 7.99. The molecular weight excluding hydrogens is 466 g/mol. The zero-order chi connectivity index (χ0) is 24.9. The summed E-state index contributed by atoms with van der Waals surface area (Å²) in [5.74, 6) is 0.864. The van der Waals surface area contributed by atoms with E-state index in [-0.39, 0.29) is 24.1 Å². The minimum Gasteiger partial charge on any atom is -0.497 e. The predicted octanol–water partition coefficient (Wildman–Crippen LogP) is 3.24. The molecule has 2 aromatic carbocycles. The fourth-order valence-electron chi connectivity index (χ4n) is 3.87. The highest BCUT2D eigenvalue weighted by atomic mass is 32.2. The van der Waals surface area contributed by atoms with Crippen LogP contribution in [0.25, 0.3) is 10.9 Å². The van der Waals surface area contributed by atoms with E-state index in [0.29, 0.717) is 27.9 Å². The first-order valence-electron chi connectivity index (χ1n) is 11.2. The number of amides is 1. The molecular formula is C25H27N5O4S. The van der Waals surface area contributed by atoms with Crippen LogP contribution in [0.3, 0.4) is 0 Å². The number of aliphatic hydroxyl groups excluding tert-OH is 1. The van der Waals surface area contributed by atoms with E-state index in [2.05, 4.69) is 20.1 Å². The quantitative estimate of drug-likeness (QED) is 0.258. The van der Waals surface area contributed by atoms with Gasteiger partial charge in [-0.25, -0.2) is 0 Å². The van der Waals surface area contributed by atoms with Crippen LogP contribution < -0.4 is 10.1 Å².